The number of rotatable bonds is 2. The van der Waals surface area contributed by atoms with E-state index in [1.165, 1.54) is 18.4 Å². The van der Waals surface area contributed by atoms with E-state index in [0.717, 1.165) is 18.5 Å². The molecule has 2 nitrogen and oxygen atoms in total. The number of aryl methyl sites for hydroxylation is 1. The van der Waals surface area contributed by atoms with Crippen molar-refractivity contribution >= 4 is 11.6 Å². The number of hydrogen-bond donors (Lipinski definition) is 1. The van der Waals surface area contributed by atoms with Gasteiger partial charge in [0.25, 0.3) is 0 Å². The van der Waals surface area contributed by atoms with Crippen LogP contribution in [0.25, 0.3) is 0 Å². The number of fused-ring (bicyclic) bond motifs is 1. The van der Waals surface area contributed by atoms with Gasteiger partial charge in [-0.05, 0) is 62.1 Å². The highest BCUT2D eigenvalue weighted by atomic mass is 16.2. The molecule has 0 aromatic heterocycles. The summed E-state index contributed by atoms with van der Waals surface area (Å²) in [5.41, 5.74) is 2.12. The molecule has 1 saturated carbocycles. The van der Waals surface area contributed by atoms with Crippen LogP contribution in [0.5, 0.6) is 0 Å². The molecule has 0 aliphatic heterocycles. The van der Waals surface area contributed by atoms with Gasteiger partial charge in [0, 0.05) is 11.6 Å². The number of allylic oxidation sites excluding steroid dienone is 2. The highest BCUT2D eigenvalue weighted by molar-refractivity contribution is 5.94. The van der Waals surface area contributed by atoms with Crippen LogP contribution in [0, 0.1) is 24.7 Å². The van der Waals surface area contributed by atoms with Crippen LogP contribution in [0.15, 0.2) is 36.4 Å². The molecule has 1 aromatic carbocycles. The van der Waals surface area contributed by atoms with Crippen molar-refractivity contribution in [3.63, 3.8) is 0 Å². The van der Waals surface area contributed by atoms with E-state index in [-0.39, 0.29) is 11.8 Å². The Kier molecular flexibility index (Phi) is 3.41. The molecule has 0 spiro atoms. The van der Waals surface area contributed by atoms with Gasteiger partial charge < -0.3 is 5.32 Å². The summed E-state index contributed by atoms with van der Waals surface area (Å²) in [6.45, 7) is 2.05. The summed E-state index contributed by atoms with van der Waals surface area (Å²) < 4.78 is 0. The van der Waals surface area contributed by atoms with Crippen LogP contribution in [0.3, 0.4) is 0 Å². The summed E-state index contributed by atoms with van der Waals surface area (Å²) >= 11 is 0. The molecule has 3 rings (SSSR count). The molecule has 0 heterocycles. The first-order valence-corrected chi connectivity index (χ1v) is 7.28. The van der Waals surface area contributed by atoms with E-state index in [0.29, 0.717) is 11.8 Å². The molecular weight excluding hydrogens is 234 g/mol. The Morgan fingerprint density at radius 2 is 1.84 bits per heavy atom. The molecule has 1 unspecified atom stereocenters. The molecule has 1 amide bonds. The van der Waals surface area contributed by atoms with Gasteiger partial charge in [-0.1, -0.05) is 24.3 Å². The van der Waals surface area contributed by atoms with Gasteiger partial charge in [-0.2, -0.15) is 0 Å². The summed E-state index contributed by atoms with van der Waals surface area (Å²) in [7, 11) is 0. The third-order valence-electron chi connectivity index (χ3n) is 4.42. The molecule has 19 heavy (non-hydrogen) atoms. The fourth-order valence-corrected chi connectivity index (χ4v) is 3.38. The minimum atomic E-state index is 0.225. The third kappa shape index (κ3) is 2.73. The van der Waals surface area contributed by atoms with Crippen LogP contribution in [0.2, 0.25) is 0 Å². The molecule has 2 heteroatoms. The van der Waals surface area contributed by atoms with Crippen molar-refractivity contribution in [3.8, 4) is 0 Å². The molecule has 1 N–H and O–H groups in total. The lowest BCUT2D eigenvalue weighted by atomic mass is 10.1. The molecular formula is C17H21NO. The van der Waals surface area contributed by atoms with E-state index in [2.05, 4.69) is 17.5 Å². The maximum atomic E-state index is 12.3. The van der Waals surface area contributed by atoms with E-state index >= 15 is 0 Å². The van der Waals surface area contributed by atoms with Crippen molar-refractivity contribution < 1.29 is 4.79 Å². The number of hydrogen-bond acceptors (Lipinski definition) is 1. The Labute approximate surface area is 114 Å². The second-order valence-corrected chi connectivity index (χ2v) is 5.84. The minimum absolute atomic E-state index is 0.225. The largest absolute Gasteiger partial charge is 0.326 e. The van der Waals surface area contributed by atoms with Gasteiger partial charge in [-0.3, -0.25) is 4.79 Å². The third-order valence-corrected chi connectivity index (χ3v) is 4.42. The highest BCUT2D eigenvalue weighted by Gasteiger charge is 2.53. The van der Waals surface area contributed by atoms with Crippen molar-refractivity contribution in [1.82, 2.24) is 0 Å². The first-order chi connectivity index (χ1) is 9.25. The van der Waals surface area contributed by atoms with Gasteiger partial charge >= 0.3 is 0 Å². The Balaban J connectivity index is 1.63. The van der Waals surface area contributed by atoms with Crippen molar-refractivity contribution in [3.05, 3.63) is 42.0 Å². The maximum absolute atomic E-state index is 12.3. The Bertz CT molecular complexity index is 490. The average Bonchev–Trinajstić information content (AvgIpc) is 3.00. The Morgan fingerprint density at radius 3 is 2.47 bits per heavy atom. The van der Waals surface area contributed by atoms with Crippen molar-refractivity contribution in [1.29, 1.82) is 0 Å². The van der Waals surface area contributed by atoms with Crippen LogP contribution in [0.1, 0.15) is 31.2 Å². The topological polar surface area (TPSA) is 29.1 Å². The standard InChI is InChI=1S/C17H21NO/c1-12-7-6-8-13(11-12)18-17(19)16-14-9-4-2-3-5-10-15(14)16/h2-3,6-8,11,14-16H,4-5,9-10H2,1H3,(H,18,19)/t14-,15+,16?. The van der Waals surface area contributed by atoms with E-state index in [1.807, 2.05) is 31.2 Å². The molecule has 2 aliphatic carbocycles. The zero-order chi connectivity index (χ0) is 13.2. The fraction of sp³-hybridized carbons (Fsp3) is 0.471. The lowest BCUT2D eigenvalue weighted by Gasteiger charge is -2.05. The van der Waals surface area contributed by atoms with E-state index < -0.39 is 0 Å². The van der Waals surface area contributed by atoms with E-state index in [1.54, 1.807) is 0 Å². The minimum Gasteiger partial charge on any atom is -0.326 e. The van der Waals surface area contributed by atoms with Gasteiger partial charge in [0.2, 0.25) is 5.91 Å². The summed E-state index contributed by atoms with van der Waals surface area (Å²) in [4.78, 5) is 12.3. The van der Waals surface area contributed by atoms with E-state index in [4.69, 9.17) is 0 Å². The first-order valence-electron chi connectivity index (χ1n) is 7.28. The van der Waals surface area contributed by atoms with Crippen LogP contribution in [-0.4, -0.2) is 5.91 Å². The molecule has 0 radical (unpaired) electrons. The number of amides is 1. The van der Waals surface area contributed by atoms with Gasteiger partial charge in [-0.25, -0.2) is 0 Å². The SMILES string of the molecule is Cc1cccc(NC(=O)C2[C@H]3CCC=CCC[C@@H]23)c1. The molecule has 3 atom stereocenters. The van der Waals surface area contributed by atoms with E-state index in [9.17, 15) is 4.79 Å². The van der Waals surface area contributed by atoms with Gasteiger partial charge in [0.05, 0.1) is 0 Å². The Morgan fingerprint density at radius 1 is 1.16 bits per heavy atom. The van der Waals surface area contributed by atoms with Crippen molar-refractivity contribution in [2.75, 3.05) is 5.32 Å². The summed E-state index contributed by atoms with van der Waals surface area (Å²) in [5.74, 6) is 1.72. The summed E-state index contributed by atoms with van der Waals surface area (Å²) in [6.07, 6.45) is 9.15. The van der Waals surface area contributed by atoms with Crippen molar-refractivity contribution in [2.24, 2.45) is 17.8 Å². The molecule has 2 aliphatic rings. The van der Waals surface area contributed by atoms with Gasteiger partial charge in [0.1, 0.15) is 0 Å². The van der Waals surface area contributed by atoms with Crippen LogP contribution < -0.4 is 5.32 Å². The smallest absolute Gasteiger partial charge is 0.228 e. The number of benzene rings is 1. The van der Waals surface area contributed by atoms with Crippen LogP contribution in [0.4, 0.5) is 5.69 Å². The number of carbonyl (C=O) groups excluding carboxylic acids is 1. The summed E-state index contributed by atoms with van der Waals surface area (Å²) in [5, 5.41) is 3.08. The molecule has 1 fully saturated rings. The molecule has 1 aromatic rings. The molecule has 100 valence electrons. The van der Waals surface area contributed by atoms with Crippen molar-refractivity contribution in [2.45, 2.75) is 32.6 Å². The predicted octanol–water partition coefficient (Wildman–Crippen LogP) is 3.93. The summed E-state index contributed by atoms with van der Waals surface area (Å²) in [6, 6.07) is 8.04. The zero-order valence-corrected chi connectivity index (χ0v) is 11.4. The maximum Gasteiger partial charge on any atom is 0.228 e. The second kappa shape index (κ2) is 5.20. The first kappa shape index (κ1) is 12.5. The van der Waals surface area contributed by atoms with Gasteiger partial charge in [-0.15, -0.1) is 0 Å². The average molecular weight is 255 g/mol. The molecule has 0 bridgehead atoms. The second-order valence-electron chi connectivity index (χ2n) is 5.84. The number of carbonyl (C=O) groups is 1. The van der Waals surface area contributed by atoms with Gasteiger partial charge in [0.15, 0.2) is 0 Å². The monoisotopic (exact) mass is 255 g/mol. The number of nitrogens with one attached hydrogen (secondary N) is 1. The Hall–Kier alpha value is -1.57. The van der Waals surface area contributed by atoms with Crippen LogP contribution >= 0.6 is 0 Å². The highest BCUT2D eigenvalue weighted by Crippen LogP contribution is 2.53. The zero-order valence-electron chi connectivity index (χ0n) is 11.4. The fourth-order valence-electron chi connectivity index (χ4n) is 3.38. The lowest BCUT2D eigenvalue weighted by Crippen LogP contribution is -2.15. The lowest BCUT2D eigenvalue weighted by molar-refractivity contribution is -0.117. The predicted molar refractivity (Wildman–Crippen MR) is 77.9 cm³/mol. The number of anilines is 1. The quantitative estimate of drug-likeness (QED) is 0.797. The van der Waals surface area contributed by atoms with Crippen LogP contribution in [-0.2, 0) is 4.79 Å². The molecule has 0 saturated heterocycles. The normalized spacial score (nSPS) is 29.0.